The molecule has 1 nitrogen and oxygen atoms in total. The maximum absolute atomic E-state index is 5.85. The second-order valence-corrected chi connectivity index (χ2v) is 4.41. The topological polar surface area (TPSA) is 26.0 Å². The van der Waals surface area contributed by atoms with Crippen LogP contribution >= 0.6 is 0 Å². The van der Waals surface area contributed by atoms with Gasteiger partial charge < -0.3 is 5.73 Å². The third-order valence-corrected chi connectivity index (χ3v) is 3.34. The zero-order chi connectivity index (χ0) is 11.7. The Labute approximate surface area is 101 Å². The van der Waals surface area contributed by atoms with E-state index in [0.717, 1.165) is 0 Å². The van der Waals surface area contributed by atoms with Crippen LogP contribution < -0.4 is 5.73 Å². The largest absolute Gasteiger partial charge is 0.330 e. The molecule has 0 aliphatic heterocycles. The fourth-order valence-electron chi connectivity index (χ4n) is 2.41. The molecule has 1 aliphatic carbocycles. The first-order valence-electron chi connectivity index (χ1n) is 5.96. The Morgan fingerprint density at radius 3 is 2.53 bits per heavy atom. The van der Waals surface area contributed by atoms with E-state index in [1.54, 1.807) is 0 Å². The number of hydrogen-bond donors (Lipinski definition) is 1. The van der Waals surface area contributed by atoms with Gasteiger partial charge >= 0.3 is 0 Å². The molecule has 0 heterocycles. The van der Waals surface area contributed by atoms with Crippen molar-refractivity contribution in [2.24, 2.45) is 5.73 Å². The number of rotatable bonds is 1. The summed E-state index contributed by atoms with van der Waals surface area (Å²) in [5, 5.41) is 2.57. The average Bonchev–Trinajstić information content (AvgIpc) is 2.57. The molecule has 1 atom stereocenters. The first kappa shape index (κ1) is 10.3. The van der Waals surface area contributed by atoms with E-state index in [-0.39, 0.29) is 0 Å². The number of benzene rings is 2. The Morgan fingerprint density at radius 2 is 1.76 bits per heavy atom. The summed E-state index contributed by atoms with van der Waals surface area (Å²) in [5.74, 6) is 0.324. The number of nitrogens with two attached hydrogens (primary N) is 1. The van der Waals surface area contributed by atoms with Crippen molar-refractivity contribution >= 4 is 16.8 Å². The van der Waals surface area contributed by atoms with Gasteiger partial charge in [0.2, 0.25) is 0 Å². The third kappa shape index (κ3) is 1.79. The van der Waals surface area contributed by atoms with E-state index in [2.05, 4.69) is 60.7 Å². The lowest BCUT2D eigenvalue weighted by Crippen LogP contribution is -2.11. The van der Waals surface area contributed by atoms with Crippen LogP contribution in [0.1, 0.15) is 17.0 Å². The molecule has 0 spiro atoms. The van der Waals surface area contributed by atoms with Gasteiger partial charge in [-0.2, -0.15) is 0 Å². The van der Waals surface area contributed by atoms with Crippen LogP contribution in [0.2, 0.25) is 0 Å². The van der Waals surface area contributed by atoms with E-state index in [9.17, 15) is 0 Å². The van der Waals surface area contributed by atoms with Crippen molar-refractivity contribution in [3.05, 3.63) is 65.8 Å². The maximum atomic E-state index is 5.85. The third-order valence-electron chi connectivity index (χ3n) is 3.34. The van der Waals surface area contributed by atoms with E-state index < -0.39 is 0 Å². The Hall–Kier alpha value is -1.86. The van der Waals surface area contributed by atoms with Crippen LogP contribution in [0.3, 0.4) is 0 Å². The zero-order valence-electron chi connectivity index (χ0n) is 9.64. The average molecular weight is 221 g/mol. The molecule has 2 aromatic rings. The summed E-state index contributed by atoms with van der Waals surface area (Å²) in [5.41, 5.74) is 8.46. The summed E-state index contributed by atoms with van der Waals surface area (Å²) in [6, 6.07) is 13.0. The Morgan fingerprint density at radius 1 is 1.00 bits per heavy atom. The molecule has 0 bridgehead atoms. The van der Waals surface area contributed by atoms with Gasteiger partial charge in [0.15, 0.2) is 0 Å². The fraction of sp³-hybridized carbons (Fsp3) is 0.125. The van der Waals surface area contributed by atoms with Crippen LogP contribution in [-0.2, 0) is 0 Å². The molecule has 84 valence electrons. The molecule has 1 heteroatoms. The van der Waals surface area contributed by atoms with E-state index in [0.29, 0.717) is 12.5 Å². The molecule has 0 saturated carbocycles. The molecular weight excluding hydrogens is 206 g/mol. The lowest BCUT2D eigenvalue weighted by molar-refractivity contribution is 0.850. The van der Waals surface area contributed by atoms with Gasteiger partial charge in [-0.05, 0) is 34.0 Å². The van der Waals surface area contributed by atoms with Gasteiger partial charge in [0, 0.05) is 12.5 Å². The van der Waals surface area contributed by atoms with Gasteiger partial charge in [0.05, 0.1) is 0 Å². The normalized spacial score (nSPS) is 18.1. The van der Waals surface area contributed by atoms with Crippen LogP contribution in [-0.4, -0.2) is 6.54 Å². The van der Waals surface area contributed by atoms with E-state index >= 15 is 0 Å². The molecule has 1 unspecified atom stereocenters. The number of allylic oxidation sites excluding steroid dienone is 2. The standard InChI is InChI=1S/C16H15N/c17-11-15-8-4-3-7-14-9-12-5-1-2-6-13(12)10-16(14)15/h1-10,15H,11,17H2. The second-order valence-electron chi connectivity index (χ2n) is 4.41. The molecule has 17 heavy (non-hydrogen) atoms. The van der Waals surface area contributed by atoms with Crippen LogP contribution in [0.5, 0.6) is 0 Å². The molecule has 0 radical (unpaired) electrons. The molecule has 0 saturated heterocycles. The zero-order valence-corrected chi connectivity index (χ0v) is 9.64. The molecule has 2 N–H and O–H groups in total. The van der Waals surface area contributed by atoms with Gasteiger partial charge in [-0.15, -0.1) is 0 Å². The summed E-state index contributed by atoms with van der Waals surface area (Å²) >= 11 is 0. The van der Waals surface area contributed by atoms with Crippen molar-refractivity contribution < 1.29 is 0 Å². The van der Waals surface area contributed by atoms with Crippen molar-refractivity contribution in [3.63, 3.8) is 0 Å². The first-order valence-corrected chi connectivity index (χ1v) is 5.96. The van der Waals surface area contributed by atoms with Crippen molar-refractivity contribution in [1.82, 2.24) is 0 Å². The summed E-state index contributed by atoms with van der Waals surface area (Å²) in [7, 11) is 0. The highest BCUT2D eigenvalue weighted by molar-refractivity contribution is 5.86. The molecular formula is C16H15N. The summed E-state index contributed by atoms with van der Waals surface area (Å²) < 4.78 is 0. The SMILES string of the molecule is NCC1C=CC=Cc2cc3ccccc3cc21. The van der Waals surface area contributed by atoms with E-state index in [1.807, 2.05) is 0 Å². The van der Waals surface area contributed by atoms with Gasteiger partial charge in [-0.25, -0.2) is 0 Å². The minimum Gasteiger partial charge on any atom is -0.330 e. The first-order chi connectivity index (χ1) is 8.38. The summed E-state index contributed by atoms with van der Waals surface area (Å²) in [4.78, 5) is 0. The smallest absolute Gasteiger partial charge is 0.0150 e. The minimum absolute atomic E-state index is 0.324. The van der Waals surface area contributed by atoms with Crippen molar-refractivity contribution in [3.8, 4) is 0 Å². The highest BCUT2D eigenvalue weighted by atomic mass is 14.5. The Bertz CT molecular complexity index is 608. The molecule has 0 aromatic heterocycles. The van der Waals surface area contributed by atoms with Crippen LogP contribution in [0.25, 0.3) is 16.8 Å². The van der Waals surface area contributed by atoms with Crippen LogP contribution in [0.4, 0.5) is 0 Å². The Kier molecular flexibility index (Phi) is 2.54. The van der Waals surface area contributed by atoms with Crippen molar-refractivity contribution in [2.75, 3.05) is 6.54 Å². The highest BCUT2D eigenvalue weighted by Gasteiger charge is 2.12. The Balaban J connectivity index is 2.28. The van der Waals surface area contributed by atoms with Crippen LogP contribution in [0.15, 0.2) is 54.6 Å². The minimum atomic E-state index is 0.324. The maximum Gasteiger partial charge on any atom is 0.0150 e. The summed E-state index contributed by atoms with van der Waals surface area (Å²) in [6.45, 7) is 0.656. The fourth-order valence-corrected chi connectivity index (χ4v) is 2.41. The lowest BCUT2D eigenvalue weighted by Gasteiger charge is -2.14. The molecule has 0 amide bonds. The van der Waals surface area contributed by atoms with Crippen molar-refractivity contribution in [1.29, 1.82) is 0 Å². The number of hydrogen-bond acceptors (Lipinski definition) is 1. The van der Waals surface area contributed by atoms with Crippen LogP contribution in [0, 0.1) is 0 Å². The highest BCUT2D eigenvalue weighted by Crippen LogP contribution is 2.29. The molecule has 1 aliphatic rings. The number of fused-ring (bicyclic) bond motifs is 2. The predicted octanol–water partition coefficient (Wildman–Crippen LogP) is 3.47. The lowest BCUT2D eigenvalue weighted by atomic mass is 9.92. The van der Waals surface area contributed by atoms with E-state index in [4.69, 9.17) is 5.73 Å². The quantitative estimate of drug-likeness (QED) is 0.784. The summed E-state index contributed by atoms with van der Waals surface area (Å²) in [6.07, 6.45) is 8.51. The van der Waals surface area contributed by atoms with E-state index in [1.165, 1.54) is 21.9 Å². The van der Waals surface area contributed by atoms with Gasteiger partial charge in [0.25, 0.3) is 0 Å². The molecule has 2 aromatic carbocycles. The van der Waals surface area contributed by atoms with Gasteiger partial charge in [-0.1, -0.05) is 48.6 Å². The van der Waals surface area contributed by atoms with Gasteiger partial charge in [0.1, 0.15) is 0 Å². The predicted molar refractivity (Wildman–Crippen MR) is 73.9 cm³/mol. The monoisotopic (exact) mass is 221 g/mol. The molecule has 3 rings (SSSR count). The molecule has 0 fully saturated rings. The second kappa shape index (κ2) is 4.19. The van der Waals surface area contributed by atoms with Crippen molar-refractivity contribution in [2.45, 2.75) is 5.92 Å². The van der Waals surface area contributed by atoms with Gasteiger partial charge in [-0.3, -0.25) is 0 Å².